The van der Waals surface area contributed by atoms with Crippen molar-refractivity contribution in [3.63, 3.8) is 0 Å². The lowest BCUT2D eigenvalue weighted by Crippen LogP contribution is -2.24. The number of hydrogen-bond donors (Lipinski definition) is 0. The van der Waals surface area contributed by atoms with Crippen LogP contribution in [-0.4, -0.2) is 62.8 Å². The maximum Gasteiger partial charge on any atom is 0.170 e. The van der Waals surface area contributed by atoms with Crippen molar-refractivity contribution >= 4 is 9.84 Å². The Bertz CT molecular complexity index is 1390. The molecule has 0 aliphatic rings. The predicted octanol–water partition coefficient (Wildman–Crippen LogP) is 2.22. The number of ether oxygens (including phenoxy) is 2. The molecule has 0 bridgehead atoms. The van der Waals surface area contributed by atoms with Gasteiger partial charge in [-0.2, -0.15) is 10.2 Å². The molecule has 1 aromatic carbocycles. The van der Waals surface area contributed by atoms with E-state index in [0.717, 1.165) is 12.4 Å². The van der Waals surface area contributed by atoms with E-state index in [2.05, 4.69) is 30.4 Å². The number of aromatic nitrogens is 7. The van der Waals surface area contributed by atoms with E-state index in [1.54, 1.807) is 35.8 Å². The Kier molecular flexibility index (Phi) is 6.96. The second-order valence-corrected chi connectivity index (χ2v) is 9.98. The third-order valence-corrected chi connectivity index (χ3v) is 7.34. The summed E-state index contributed by atoms with van der Waals surface area (Å²) in [5.41, 5.74) is 1.01. The van der Waals surface area contributed by atoms with Crippen LogP contribution in [0.3, 0.4) is 0 Å². The number of halogens is 1. The van der Waals surface area contributed by atoms with Crippen LogP contribution in [0.4, 0.5) is 4.39 Å². The summed E-state index contributed by atoms with van der Waals surface area (Å²) in [4.78, 5) is 7.73. The molecule has 0 saturated carbocycles. The van der Waals surface area contributed by atoms with Gasteiger partial charge in [-0.1, -0.05) is 6.07 Å². The molecule has 1 atom stereocenters. The van der Waals surface area contributed by atoms with Crippen molar-refractivity contribution in [2.75, 3.05) is 14.2 Å². The lowest BCUT2D eigenvalue weighted by atomic mass is 10.2. The molecular formula is C22H22FN7O4S. The first-order valence-electron chi connectivity index (χ1n) is 10.4. The highest BCUT2D eigenvalue weighted by Crippen LogP contribution is 2.36. The number of para-hydroxylation sites is 1. The fraction of sp³-hybridized carbons (Fsp3) is 0.273. The molecule has 3 heterocycles. The van der Waals surface area contributed by atoms with Crippen molar-refractivity contribution in [2.45, 2.75) is 24.3 Å². The Labute approximate surface area is 200 Å². The van der Waals surface area contributed by atoms with Gasteiger partial charge in [-0.05, 0) is 25.1 Å². The number of rotatable bonds is 9. The molecule has 4 rings (SSSR count). The Hall–Kier alpha value is -4.00. The van der Waals surface area contributed by atoms with Gasteiger partial charge in [0.25, 0.3) is 0 Å². The second-order valence-electron chi connectivity index (χ2n) is 7.56. The number of hydrogen-bond acceptors (Lipinski definition) is 10. The summed E-state index contributed by atoms with van der Waals surface area (Å²) in [6.07, 6.45) is 5.00. The molecule has 0 fully saturated rings. The lowest BCUT2D eigenvalue weighted by molar-refractivity contribution is 0.391. The summed E-state index contributed by atoms with van der Waals surface area (Å²) in [6, 6.07) is 6.88. The second kappa shape index (κ2) is 10.1. The van der Waals surface area contributed by atoms with Crippen LogP contribution in [0.1, 0.15) is 18.6 Å². The van der Waals surface area contributed by atoms with E-state index in [1.807, 2.05) is 0 Å². The van der Waals surface area contributed by atoms with Crippen molar-refractivity contribution in [1.29, 1.82) is 0 Å². The van der Waals surface area contributed by atoms with Crippen LogP contribution in [0.5, 0.6) is 11.5 Å². The van der Waals surface area contributed by atoms with Gasteiger partial charge in [-0.25, -0.2) is 22.8 Å². The van der Waals surface area contributed by atoms with Crippen LogP contribution < -0.4 is 9.47 Å². The maximum atomic E-state index is 13.3. The average Bonchev–Trinajstić information content (AvgIpc) is 3.27. The zero-order valence-corrected chi connectivity index (χ0v) is 20.0. The molecule has 0 amide bonds. The largest absolute Gasteiger partial charge is 0.494 e. The van der Waals surface area contributed by atoms with E-state index in [1.165, 1.54) is 26.6 Å². The first-order chi connectivity index (χ1) is 16.8. The summed E-state index contributed by atoms with van der Waals surface area (Å²) in [5.74, 6) is 0.522. The number of benzene rings is 1. The highest BCUT2D eigenvalue weighted by Gasteiger charge is 2.29. The minimum atomic E-state index is -3.77. The van der Waals surface area contributed by atoms with Crippen LogP contribution in [0.15, 0.2) is 49.1 Å². The molecule has 0 aliphatic heterocycles. The molecule has 0 N–H and O–H groups in total. The molecular weight excluding hydrogens is 477 g/mol. The summed E-state index contributed by atoms with van der Waals surface area (Å²) in [5, 5.41) is 15.3. The Morgan fingerprint density at radius 3 is 2.29 bits per heavy atom. The van der Waals surface area contributed by atoms with Crippen LogP contribution in [0, 0.1) is 5.82 Å². The van der Waals surface area contributed by atoms with Gasteiger partial charge in [0.15, 0.2) is 27.3 Å². The zero-order valence-electron chi connectivity index (χ0n) is 19.2. The highest BCUT2D eigenvalue weighted by molar-refractivity contribution is 7.91. The number of methoxy groups -OCH3 is 2. The maximum absolute atomic E-state index is 13.3. The van der Waals surface area contributed by atoms with Crippen molar-refractivity contribution in [1.82, 2.24) is 34.9 Å². The lowest BCUT2D eigenvalue weighted by Gasteiger charge is -2.18. The van der Waals surface area contributed by atoms with E-state index in [0.29, 0.717) is 28.6 Å². The standard InChI is InChI=1S/C22H22FN7O4S/c1-14(9-19-24-11-16(23)12-25-19)35(31,32)13-20-28-29-22(15-7-8-26-27-10-15)30(20)21-17(33-2)5-4-6-18(21)34-3/h4-8,10-12,14H,9,13H2,1-3H3/t14-/m0/s1. The van der Waals surface area contributed by atoms with Crippen molar-refractivity contribution in [3.8, 4) is 28.6 Å². The molecule has 4 aromatic rings. The van der Waals surface area contributed by atoms with Crippen molar-refractivity contribution < 1.29 is 22.3 Å². The normalized spacial score (nSPS) is 12.3. The van der Waals surface area contributed by atoms with E-state index in [4.69, 9.17) is 9.47 Å². The number of sulfone groups is 1. The fourth-order valence-electron chi connectivity index (χ4n) is 3.46. The molecule has 11 nitrogen and oxygen atoms in total. The molecule has 0 aliphatic carbocycles. The zero-order chi connectivity index (χ0) is 25.0. The minimum absolute atomic E-state index is 0.00978. The SMILES string of the molecule is COc1cccc(OC)c1-n1c(CS(=O)(=O)[C@@H](C)Cc2ncc(F)cn2)nnc1-c1ccnnc1. The first kappa shape index (κ1) is 24.1. The van der Waals surface area contributed by atoms with Crippen LogP contribution in [0.25, 0.3) is 17.1 Å². The smallest absolute Gasteiger partial charge is 0.170 e. The van der Waals surface area contributed by atoms with Gasteiger partial charge in [0, 0.05) is 12.0 Å². The summed E-state index contributed by atoms with van der Waals surface area (Å²) < 4.78 is 52.4. The quantitative estimate of drug-likeness (QED) is 0.337. The molecule has 182 valence electrons. The summed E-state index contributed by atoms with van der Waals surface area (Å²) in [6.45, 7) is 1.54. The van der Waals surface area contributed by atoms with Crippen LogP contribution in [-0.2, 0) is 22.0 Å². The third-order valence-electron chi connectivity index (χ3n) is 5.29. The molecule has 0 unspecified atom stereocenters. The topological polar surface area (TPSA) is 135 Å². The van der Waals surface area contributed by atoms with E-state index >= 15 is 0 Å². The van der Waals surface area contributed by atoms with Gasteiger partial charge in [-0.3, -0.25) is 4.57 Å². The summed E-state index contributed by atoms with van der Waals surface area (Å²) >= 11 is 0. The van der Waals surface area contributed by atoms with Gasteiger partial charge in [0.1, 0.15) is 28.8 Å². The van der Waals surface area contributed by atoms with Crippen molar-refractivity contribution in [3.05, 3.63) is 66.5 Å². The van der Waals surface area contributed by atoms with E-state index in [9.17, 15) is 12.8 Å². The molecule has 35 heavy (non-hydrogen) atoms. The monoisotopic (exact) mass is 499 g/mol. The van der Waals surface area contributed by atoms with Gasteiger partial charge in [0.05, 0.1) is 44.3 Å². The number of nitrogens with zero attached hydrogens (tertiary/aromatic N) is 7. The third kappa shape index (κ3) is 5.09. The van der Waals surface area contributed by atoms with Crippen molar-refractivity contribution in [2.24, 2.45) is 0 Å². The van der Waals surface area contributed by atoms with E-state index in [-0.39, 0.29) is 18.1 Å². The highest BCUT2D eigenvalue weighted by atomic mass is 32.2. The molecule has 0 spiro atoms. The molecule has 13 heteroatoms. The molecule has 0 radical (unpaired) electrons. The van der Waals surface area contributed by atoms with Crippen LogP contribution in [0.2, 0.25) is 0 Å². The first-order valence-corrected chi connectivity index (χ1v) is 12.2. The van der Waals surface area contributed by atoms with Gasteiger partial charge >= 0.3 is 0 Å². The van der Waals surface area contributed by atoms with E-state index < -0.39 is 26.7 Å². The van der Waals surface area contributed by atoms with Gasteiger partial charge < -0.3 is 9.47 Å². The minimum Gasteiger partial charge on any atom is -0.494 e. The Balaban J connectivity index is 1.79. The Morgan fingerprint density at radius 1 is 1.00 bits per heavy atom. The molecule has 3 aromatic heterocycles. The average molecular weight is 500 g/mol. The van der Waals surface area contributed by atoms with Crippen LogP contribution >= 0.6 is 0 Å². The van der Waals surface area contributed by atoms with Gasteiger partial charge in [-0.15, -0.1) is 10.2 Å². The fourth-order valence-corrected chi connectivity index (χ4v) is 4.69. The predicted molar refractivity (Wildman–Crippen MR) is 123 cm³/mol. The molecule has 0 saturated heterocycles. The Morgan fingerprint density at radius 2 is 1.69 bits per heavy atom. The van der Waals surface area contributed by atoms with Gasteiger partial charge in [0.2, 0.25) is 0 Å². The summed E-state index contributed by atoms with van der Waals surface area (Å²) in [7, 11) is -0.772.